The van der Waals surface area contributed by atoms with Crippen LogP contribution in [0, 0.1) is 5.92 Å². The molecule has 0 bridgehead atoms. The Hall–Kier alpha value is -4.70. The molecule has 1 aliphatic carbocycles. The Labute approximate surface area is 248 Å². The second-order valence-electron chi connectivity index (χ2n) is 11.6. The number of carbonyl (C=O) groups is 2. The van der Waals surface area contributed by atoms with E-state index in [1.165, 1.54) is 12.8 Å². The number of aryl methyl sites for hydroxylation is 1. The number of imidazole rings is 1. The number of carbonyl (C=O) groups excluding carboxylic acids is 2. The van der Waals surface area contributed by atoms with Gasteiger partial charge >= 0.3 is 6.09 Å². The van der Waals surface area contributed by atoms with Crippen molar-refractivity contribution < 1.29 is 19.4 Å². The Morgan fingerprint density at radius 2 is 1.88 bits per heavy atom. The van der Waals surface area contributed by atoms with Crippen LogP contribution in [0.4, 0.5) is 4.79 Å². The number of alkyl carbamates (subject to hydrolysis) is 1. The molecule has 1 aliphatic heterocycles. The van der Waals surface area contributed by atoms with Crippen molar-refractivity contribution in [2.24, 2.45) is 13.0 Å². The first-order chi connectivity index (χ1) is 20.9. The molecule has 0 radical (unpaired) electrons. The van der Waals surface area contributed by atoms with E-state index in [0.29, 0.717) is 24.4 Å². The van der Waals surface area contributed by atoms with Gasteiger partial charge in [0.05, 0.1) is 28.9 Å². The van der Waals surface area contributed by atoms with Gasteiger partial charge in [-0.05, 0) is 67.1 Å². The number of amides is 2. The highest BCUT2D eigenvalue weighted by atomic mass is 16.5. The molecule has 7 rings (SSSR count). The van der Waals surface area contributed by atoms with Crippen molar-refractivity contribution in [3.63, 3.8) is 0 Å². The summed E-state index contributed by atoms with van der Waals surface area (Å²) in [4.78, 5) is 37.4. The van der Waals surface area contributed by atoms with Crippen LogP contribution >= 0.6 is 0 Å². The number of piperidine rings is 1. The molecule has 3 aromatic heterocycles. The normalized spacial score (nSPS) is 18.7. The fourth-order valence-corrected chi connectivity index (χ4v) is 5.94. The first kappa shape index (κ1) is 27.2. The molecular weight excluding hydrogens is 544 g/mol. The lowest BCUT2D eigenvalue weighted by atomic mass is 10.0. The van der Waals surface area contributed by atoms with Crippen LogP contribution in [-0.2, 0) is 24.9 Å². The number of benzene rings is 2. The predicted molar refractivity (Wildman–Crippen MR) is 162 cm³/mol. The molecular formula is C33H34N6O4. The van der Waals surface area contributed by atoms with Gasteiger partial charge in [-0.15, -0.1) is 0 Å². The number of aliphatic hydroxyl groups excluding tert-OH is 1. The van der Waals surface area contributed by atoms with Crippen molar-refractivity contribution in [1.29, 1.82) is 0 Å². The molecule has 2 atom stereocenters. The minimum absolute atomic E-state index is 0.127. The molecule has 4 heterocycles. The lowest BCUT2D eigenvalue weighted by molar-refractivity contribution is 0.0352. The van der Waals surface area contributed by atoms with Crippen LogP contribution in [0.2, 0.25) is 0 Å². The third-order valence-electron chi connectivity index (χ3n) is 8.53. The summed E-state index contributed by atoms with van der Waals surface area (Å²) in [6.45, 7) is 1.61. The number of pyridine rings is 1. The molecule has 1 saturated heterocycles. The Kier molecular flexibility index (Phi) is 7.06. The second kappa shape index (κ2) is 11.2. The van der Waals surface area contributed by atoms with Crippen LogP contribution in [-0.4, -0.2) is 66.3 Å². The molecule has 0 spiro atoms. The third-order valence-corrected chi connectivity index (χ3v) is 8.53. The molecule has 2 fully saturated rings. The zero-order valence-corrected chi connectivity index (χ0v) is 24.0. The summed E-state index contributed by atoms with van der Waals surface area (Å²) in [5.41, 5.74) is 5.03. The molecule has 1 saturated carbocycles. The van der Waals surface area contributed by atoms with Gasteiger partial charge in [-0.1, -0.05) is 30.3 Å². The van der Waals surface area contributed by atoms with E-state index in [-0.39, 0.29) is 19.1 Å². The highest BCUT2D eigenvalue weighted by Crippen LogP contribution is 2.36. The van der Waals surface area contributed by atoms with Crippen molar-refractivity contribution >= 4 is 34.1 Å². The summed E-state index contributed by atoms with van der Waals surface area (Å²) in [7, 11) is 2.00. The topological polar surface area (TPSA) is 115 Å². The van der Waals surface area contributed by atoms with Gasteiger partial charge in [-0.2, -0.15) is 0 Å². The summed E-state index contributed by atoms with van der Waals surface area (Å²) in [5, 5.41) is 14.4. The van der Waals surface area contributed by atoms with Crippen molar-refractivity contribution in [3.8, 4) is 11.5 Å². The quantitative estimate of drug-likeness (QED) is 0.294. The molecule has 220 valence electrons. The minimum Gasteiger partial charge on any atom is -0.445 e. The number of ether oxygens (including phenoxy) is 1. The van der Waals surface area contributed by atoms with E-state index in [1.54, 1.807) is 4.90 Å². The van der Waals surface area contributed by atoms with Gasteiger partial charge in [0.15, 0.2) is 5.82 Å². The fraction of sp³-hybridized carbons (Fsp3) is 0.333. The maximum Gasteiger partial charge on any atom is 0.407 e. The van der Waals surface area contributed by atoms with Gasteiger partial charge in [-0.3, -0.25) is 4.79 Å². The monoisotopic (exact) mass is 578 g/mol. The number of rotatable bonds is 7. The third kappa shape index (κ3) is 5.46. The van der Waals surface area contributed by atoms with Gasteiger partial charge in [0.25, 0.3) is 5.91 Å². The van der Waals surface area contributed by atoms with E-state index < -0.39 is 18.2 Å². The van der Waals surface area contributed by atoms with Crippen LogP contribution < -0.4 is 5.32 Å². The number of hydrogen-bond donors (Lipinski definition) is 2. The van der Waals surface area contributed by atoms with E-state index in [1.807, 2.05) is 67.8 Å². The second-order valence-corrected chi connectivity index (χ2v) is 11.6. The van der Waals surface area contributed by atoms with E-state index in [0.717, 1.165) is 45.7 Å². The summed E-state index contributed by atoms with van der Waals surface area (Å²) in [6.07, 6.45) is 3.25. The molecule has 2 aliphatic rings. The zero-order valence-electron chi connectivity index (χ0n) is 24.0. The number of likely N-dealkylation sites (tertiary alicyclic amines) is 1. The Bertz CT molecular complexity index is 1810. The summed E-state index contributed by atoms with van der Waals surface area (Å²) < 4.78 is 9.67. The van der Waals surface area contributed by atoms with Crippen LogP contribution in [0.1, 0.15) is 35.2 Å². The van der Waals surface area contributed by atoms with E-state index in [4.69, 9.17) is 9.72 Å². The number of fused-ring (bicyclic) bond motifs is 2. The Balaban J connectivity index is 1.09. The molecule has 2 N–H and O–H groups in total. The molecule has 2 amide bonds. The first-order valence-electron chi connectivity index (χ1n) is 14.8. The average molecular weight is 579 g/mol. The number of aromatic nitrogens is 4. The fourth-order valence-electron chi connectivity index (χ4n) is 5.94. The summed E-state index contributed by atoms with van der Waals surface area (Å²) in [6, 6.07) is 20.5. The SMILES string of the molecule is Cn1c(-c2cc3cccnc3n2CC2CC2)nc2cc(C(=O)N3CC[C@@H](O)[C@H](NC(=O)OCc4ccccc4)C3)ccc21. The van der Waals surface area contributed by atoms with Gasteiger partial charge < -0.3 is 29.2 Å². The van der Waals surface area contributed by atoms with Crippen molar-refractivity contribution in [3.05, 3.63) is 84.1 Å². The number of nitrogens with zero attached hydrogens (tertiary/aromatic N) is 5. The van der Waals surface area contributed by atoms with Gasteiger partial charge in [0.2, 0.25) is 0 Å². The largest absolute Gasteiger partial charge is 0.445 e. The molecule has 10 nitrogen and oxygen atoms in total. The first-order valence-corrected chi connectivity index (χ1v) is 14.8. The van der Waals surface area contributed by atoms with Crippen LogP contribution in [0.5, 0.6) is 0 Å². The molecule has 0 unspecified atom stereocenters. The highest BCUT2D eigenvalue weighted by Gasteiger charge is 2.32. The van der Waals surface area contributed by atoms with Gasteiger partial charge in [-0.25, -0.2) is 14.8 Å². The Morgan fingerprint density at radius 1 is 1.05 bits per heavy atom. The molecule has 10 heteroatoms. The van der Waals surface area contributed by atoms with Crippen LogP contribution in [0.15, 0.2) is 72.9 Å². The lowest BCUT2D eigenvalue weighted by Gasteiger charge is -2.36. The highest BCUT2D eigenvalue weighted by molar-refractivity contribution is 5.98. The van der Waals surface area contributed by atoms with Crippen molar-refractivity contribution in [1.82, 2.24) is 29.3 Å². The van der Waals surface area contributed by atoms with Crippen LogP contribution in [0.3, 0.4) is 0 Å². The lowest BCUT2D eigenvalue weighted by Crippen LogP contribution is -2.56. The zero-order chi connectivity index (χ0) is 29.5. The van der Waals surface area contributed by atoms with Crippen LogP contribution in [0.25, 0.3) is 33.6 Å². The molecule has 43 heavy (non-hydrogen) atoms. The summed E-state index contributed by atoms with van der Waals surface area (Å²) in [5.74, 6) is 1.33. The molecule has 5 aromatic rings. The van der Waals surface area contributed by atoms with Crippen molar-refractivity contribution in [2.45, 2.75) is 44.6 Å². The number of nitrogens with one attached hydrogen (secondary N) is 1. The van der Waals surface area contributed by atoms with E-state index in [9.17, 15) is 14.7 Å². The maximum absolute atomic E-state index is 13.6. The number of hydrogen-bond acceptors (Lipinski definition) is 6. The smallest absolute Gasteiger partial charge is 0.407 e. The Morgan fingerprint density at radius 3 is 2.70 bits per heavy atom. The minimum atomic E-state index is -0.772. The maximum atomic E-state index is 13.6. The summed E-state index contributed by atoms with van der Waals surface area (Å²) >= 11 is 0. The average Bonchev–Trinajstić information content (AvgIpc) is 3.70. The van der Waals surface area contributed by atoms with E-state index in [2.05, 4.69) is 31.6 Å². The molecule has 2 aromatic carbocycles. The van der Waals surface area contributed by atoms with Gasteiger partial charge in [0.1, 0.15) is 12.3 Å². The van der Waals surface area contributed by atoms with Gasteiger partial charge in [0, 0.05) is 43.8 Å². The number of aliphatic hydroxyl groups is 1. The standard InChI is InChI=1S/C33H34N6O4/c1-37-27-12-11-24(16-25(27)35-31(37)28-17-23-8-5-14-34-30(23)39(28)18-21-9-10-21)32(41)38-15-13-29(40)26(19-38)36-33(42)43-20-22-6-3-2-4-7-22/h2-8,11-12,14,16-17,21,26,29,40H,9-10,13,15,18-20H2,1H3,(H,36,42)/t26-,29-/m1/s1. The van der Waals surface area contributed by atoms with Crippen molar-refractivity contribution in [2.75, 3.05) is 13.1 Å². The van der Waals surface area contributed by atoms with E-state index >= 15 is 0 Å². The predicted octanol–water partition coefficient (Wildman–Crippen LogP) is 4.50.